The molecule has 0 radical (unpaired) electrons. The smallest absolute Gasteiger partial charge is 0.191 e. The van der Waals surface area contributed by atoms with Crippen molar-refractivity contribution in [2.45, 2.75) is 26.7 Å². The summed E-state index contributed by atoms with van der Waals surface area (Å²) in [5.41, 5.74) is 5.84. The molecule has 0 aromatic rings. The van der Waals surface area contributed by atoms with Gasteiger partial charge in [-0.1, -0.05) is 13.8 Å². The van der Waals surface area contributed by atoms with Crippen molar-refractivity contribution in [3.05, 3.63) is 0 Å². The summed E-state index contributed by atoms with van der Waals surface area (Å²) in [5.74, 6) is 0.577. The Kier molecular flexibility index (Phi) is 8.89. The van der Waals surface area contributed by atoms with Crippen molar-refractivity contribution in [1.82, 2.24) is 4.90 Å². The Morgan fingerprint density at radius 3 is 2.33 bits per heavy atom. The molecule has 1 rings (SSSR count). The van der Waals surface area contributed by atoms with Crippen LogP contribution in [0.3, 0.4) is 0 Å². The van der Waals surface area contributed by atoms with Gasteiger partial charge in [-0.05, 0) is 12.8 Å². The molecular weight excluding hydrogens is 345 g/mol. The molecule has 1 heterocycles. The third-order valence-electron chi connectivity index (χ3n) is 3.75. The minimum Gasteiger partial charge on any atom is -0.396 e. The highest BCUT2D eigenvalue weighted by Gasteiger charge is 2.25. The fraction of sp³-hybridized carbons (Fsp3) is 0.917. The van der Waals surface area contributed by atoms with Gasteiger partial charge in [-0.15, -0.1) is 24.0 Å². The van der Waals surface area contributed by atoms with Gasteiger partial charge in [-0.25, -0.2) is 0 Å². The summed E-state index contributed by atoms with van der Waals surface area (Å²) in [6.07, 6.45) is 1.83. The average Bonchev–Trinajstić information content (AvgIpc) is 2.41. The van der Waals surface area contributed by atoms with Crippen molar-refractivity contribution >= 4 is 29.9 Å². The molecule has 18 heavy (non-hydrogen) atoms. The lowest BCUT2D eigenvalue weighted by molar-refractivity contribution is 0.0669. The third-order valence-corrected chi connectivity index (χ3v) is 3.75. The number of aliphatic hydroxyl groups is 1. The minimum absolute atomic E-state index is 0. The Morgan fingerprint density at radius 2 is 1.89 bits per heavy atom. The first-order valence-electron chi connectivity index (χ1n) is 6.41. The van der Waals surface area contributed by atoms with Crippen molar-refractivity contribution in [2.24, 2.45) is 16.1 Å². The second-order valence-electron chi connectivity index (χ2n) is 4.64. The van der Waals surface area contributed by atoms with Crippen LogP contribution in [0.15, 0.2) is 4.99 Å². The van der Waals surface area contributed by atoms with E-state index in [1.54, 1.807) is 0 Å². The lowest BCUT2D eigenvalue weighted by Gasteiger charge is -2.30. The summed E-state index contributed by atoms with van der Waals surface area (Å²) in [6, 6.07) is 0. The first-order chi connectivity index (χ1) is 8.17. The SMILES string of the molecule is CCC(CC)(CO)CN=C(N)N1CCOCC1.I. The predicted octanol–water partition coefficient (Wildman–Crippen LogP) is 1.05. The molecule has 0 aromatic heterocycles. The van der Waals surface area contributed by atoms with Crippen molar-refractivity contribution in [3.8, 4) is 0 Å². The van der Waals surface area contributed by atoms with E-state index in [1.165, 1.54) is 0 Å². The van der Waals surface area contributed by atoms with E-state index >= 15 is 0 Å². The Labute approximate surface area is 127 Å². The molecule has 0 bridgehead atoms. The van der Waals surface area contributed by atoms with Gasteiger partial charge in [0.2, 0.25) is 0 Å². The molecule has 1 aliphatic heterocycles. The number of aliphatic hydroxyl groups excluding tert-OH is 1. The molecule has 3 N–H and O–H groups in total. The predicted molar refractivity (Wildman–Crippen MR) is 84.4 cm³/mol. The second-order valence-corrected chi connectivity index (χ2v) is 4.64. The van der Waals surface area contributed by atoms with Gasteiger partial charge in [0.1, 0.15) is 0 Å². The summed E-state index contributed by atoms with van der Waals surface area (Å²) in [7, 11) is 0. The minimum atomic E-state index is -0.114. The fourth-order valence-electron chi connectivity index (χ4n) is 1.89. The molecule has 0 unspecified atom stereocenters. The molecule has 0 spiro atoms. The summed E-state index contributed by atoms with van der Waals surface area (Å²) >= 11 is 0. The van der Waals surface area contributed by atoms with Gasteiger partial charge in [0.25, 0.3) is 0 Å². The van der Waals surface area contributed by atoms with E-state index in [9.17, 15) is 5.11 Å². The van der Waals surface area contributed by atoms with Crippen molar-refractivity contribution in [2.75, 3.05) is 39.5 Å². The third kappa shape index (κ3) is 4.89. The van der Waals surface area contributed by atoms with Crippen LogP contribution in [0.25, 0.3) is 0 Å². The Morgan fingerprint density at radius 1 is 1.33 bits per heavy atom. The highest BCUT2D eigenvalue weighted by atomic mass is 127. The standard InChI is InChI=1S/C12H25N3O2.HI/c1-3-12(4-2,10-16)9-14-11(13)15-5-7-17-8-6-15;/h16H,3-10H2,1-2H3,(H2,13,14);1H. The van der Waals surface area contributed by atoms with Gasteiger partial charge in [-0.3, -0.25) is 4.99 Å². The molecule has 1 saturated heterocycles. The van der Waals surface area contributed by atoms with Gasteiger partial charge in [0, 0.05) is 18.5 Å². The maximum Gasteiger partial charge on any atom is 0.191 e. The van der Waals surface area contributed by atoms with Crippen molar-refractivity contribution in [3.63, 3.8) is 0 Å². The monoisotopic (exact) mass is 371 g/mol. The lowest BCUT2D eigenvalue weighted by atomic mass is 9.83. The first kappa shape index (κ1) is 17.9. The number of hydrogen-bond donors (Lipinski definition) is 2. The van der Waals surface area contributed by atoms with E-state index in [2.05, 4.69) is 18.8 Å². The molecule has 1 fully saturated rings. The largest absolute Gasteiger partial charge is 0.396 e. The van der Waals surface area contributed by atoms with Crippen LogP contribution < -0.4 is 5.73 Å². The zero-order chi connectivity index (χ0) is 12.7. The van der Waals surface area contributed by atoms with Crippen molar-refractivity contribution < 1.29 is 9.84 Å². The molecule has 6 heteroatoms. The molecule has 0 atom stereocenters. The first-order valence-corrected chi connectivity index (χ1v) is 6.41. The van der Waals surface area contributed by atoms with E-state index in [1.807, 2.05) is 4.90 Å². The van der Waals surface area contributed by atoms with Gasteiger partial charge in [-0.2, -0.15) is 0 Å². The number of halogens is 1. The maximum atomic E-state index is 9.46. The van der Waals surface area contributed by atoms with E-state index in [0.29, 0.717) is 25.7 Å². The van der Waals surface area contributed by atoms with Gasteiger partial charge in [0.05, 0.1) is 26.4 Å². The van der Waals surface area contributed by atoms with Crippen LogP contribution in [0.4, 0.5) is 0 Å². The molecule has 0 amide bonds. The zero-order valence-corrected chi connectivity index (χ0v) is 13.7. The molecular formula is C12H26IN3O2. The van der Waals surface area contributed by atoms with E-state index in [-0.39, 0.29) is 36.0 Å². The molecule has 0 saturated carbocycles. The molecule has 0 aromatic carbocycles. The lowest BCUT2D eigenvalue weighted by Crippen LogP contribution is -2.45. The maximum absolute atomic E-state index is 9.46. The summed E-state index contributed by atoms with van der Waals surface area (Å²) in [6.45, 7) is 7.96. The fourth-order valence-corrected chi connectivity index (χ4v) is 1.89. The Hall–Kier alpha value is -0.0800. The van der Waals surface area contributed by atoms with Gasteiger partial charge < -0.3 is 20.5 Å². The van der Waals surface area contributed by atoms with Crippen LogP contribution >= 0.6 is 24.0 Å². The highest BCUT2D eigenvalue weighted by Crippen LogP contribution is 2.25. The number of nitrogens with zero attached hydrogens (tertiary/aromatic N) is 2. The molecule has 0 aliphatic carbocycles. The van der Waals surface area contributed by atoms with Crippen LogP contribution in [0, 0.1) is 5.41 Å². The number of guanidine groups is 1. The van der Waals surface area contributed by atoms with Gasteiger partial charge >= 0.3 is 0 Å². The second kappa shape index (κ2) is 8.92. The molecule has 1 aliphatic rings. The van der Waals surface area contributed by atoms with E-state index < -0.39 is 0 Å². The van der Waals surface area contributed by atoms with Crippen LogP contribution in [0.5, 0.6) is 0 Å². The van der Waals surface area contributed by atoms with Crippen LogP contribution in [-0.4, -0.2) is 55.4 Å². The summed E-state index contributed by atoms with van der Waals surface area (Å²) < 4.78 is 5.27. The number of ether oxygens (including phenoxy) is 1. The number of nitrogens with two attached hydrogens (primary N) is 1. The van der Waals surface area contributed by atoms with Crippen molar-refractivity contribution in [1.29, 1.82) is 0 Å². The van der Waals surface area contributed by atoms with E-state index in [4.69, 9.17) is 10.5 Å². The topological polar surface area (TPSA) is 71.1 Å². The quantitative estimate of drug-likeness (QED) is 0.431. The number of rotatable bonds is 5. The van der Waals surface area contributed by atoms with Gasteiger partial charge in [0.15, 0.2) is 5.96 Å². The Balaban J connectivity index is 0.00000289. The van der Waals surface area contributed by atoms with E-state index in [0.717, 1.165) is 25.9 Å². The molecule has 108 valence electrons. The number of morpholine rings is 1. The number of hydrogen-bond acceptors (Lipinski definition) is 3. The summed E-state index contributed by atoms with van der Waals surface area (Å²) in [4.78, 5) is 6.48. The normalized spacial score (nSPS) is 17.5. The molecule has 5 nitrogen and oxygen atoms in total. The van der Waals surface area contributed by atoms with Crippen LogP contribution in [0.1, 0.15) is 26.7 Å². The Bertz CT molecular complexity index is 243. The summed E-state index contributed by atoms with van der Waals surface area (Å²) in [5, 5.41) is 9.46. The number of aliphatic imine (C=N–C) groups is 1. The van der Waals surface area contributed by atoms with Crippen LogP contribution in [-0.2, 0) is 4.74 Å². The zero-order valence-electron chi connectivity index (χ0n) is 11.4. The average molecular weight is 371 g/mol. The highest BCUT2D eigenvalue weighted by molar-refractivity contribution is 14.0. The van der Waals surface area contributed by atoms with Crippen LogP contribution in [0.2, 0.25) is 0 Å².